The summed E-state index contributed by atoms with van der Waals surface area (Å²) in [6.45, 7) is 2.33. The van der Waals surface area contributed by atoms with E-state index >= 15 is 0 Å². The zero-order chi connectivity index (χ0) is 12.5. The van der Waals surface area contributed by atoms with E-state index in [4.69, 9.17) is 5.26 Å². The van der Waals surface area contributed by atoms with Crippen molar-refractivity contribution in [2.45, 2.75) is 31.7 Å². The maximum absolute atomic E-state index is 12.2. The van der Waals surface area contributed by atoms with Gasteiger partial charge in [-0.2, -0.15) is 10.2 Å². The van der Waals surface area contributed by atoms with Gasteiger partial charge in [-0.25, -0.2) is 0 Å². The zero-order valence-electron chi connectivity index (χ0n) is 10.3. The van der Waals surface area contributed by atoms with Crippen molar-refractivity contribution in [3.8, 4) is 6.07 Å². The summed E-state index contributed by atoms with van der Waals surface area (Å²) in [6, 6.07) is 6.07. The molecule has 93 valence electrons. The predicted molar refractivity (Wildman–Crippen MR) is 71.0 cm³/mol. The molecule has 0 aromatic carbocycles. The van der Waals surface area contributed by atoms with Gasteiger partial charge in [-0.1, -0.05) is 0 Å². The minimum Gasteiger partial charge on any atom is -0.293 e. The maximum Gasteiger partial charge on any atom is 0.178 e. The van der Waals surface area contributed by atoms with Gasteiger partial charge in [0.25, 0.3) is 0 Å². The quantitative estimate of drug-likeness (QED) is 0.619. The Morgan fingerprint density at radius 1 is 1.44 bits per heavy atom. The molecular weight excluding hydrogens is 244 g/mol. The Hall–Kier alpha value is -1.18. The molecule has 0 saturated carbocycles. The van der Waals surface area contributed by atoms with Crippen molar-refractivity contribution in [2.75, 3.05) is 13.1 Å². The summed E-state index contributed by atoms with van der Waals surface area (Å²) in [5.74, 6) is 1.05. The largest absolute Gasteiger partial charge is 0.293 e. The summed E-state index contributed by atoms with van der Waals surface area (Å²) in [5.41, 5.74) is 0. The molecule has 1 atom stereocenters. The standard InChI is InChI=1S/C14H16N2OS/c15-9-12-1-2-14(18-12)13(17)8-11-7-10-3-5-16(11)6-4-10/h1-2,10-11H,3-8H2/q+1. The number of rotatable bonds is 3. The van der Waals surface area contributed by atoms with Crippen LogP contribution in [0.4, 0.5) is 0 Å². The third-order valence-electron chi connectivity index (χ3n) is 4.18. The first-order valence-corrected chi connectivity index (χ1v) is 7.35. The Balaban J connectivity index is 1.66. The minimum atomic E-state index is 0.207. The molecule has 0 spiro atoms. The lowest BCUT2D eigenvalue weighted by atomic mass is 9.81. The first kappa shape index (κ1) is 11.9. The first-order chi connectivity index (χ1) is 8.76. The second-order valence-corrected chi connectivity index (χ2v) is 6.36. The van der Waals surface area contributed by atoms with Crippen LogP contribution in [0.5, 0.6) is 0 Å². The molecule has 3 saturated heterocycles. The average molecular weight is 260 g/mol. The van der Waals surface area contributed by atoms with Gasteiger partial charge in [0.15, 0.2) is 5.78 Å². The number of hydrogen-bond donors (Lipinski definition) is 0. The van der Waals surface area contributed by atoms with E-state index in [1.165, 1.54) is 30.6 Å². The van der Waals surface area contributed by atoms with Crippen LogP contribution in [0.3, 0.4) is 0 Å². The van der Waals surface area contributed by atoms with Crippen molar-refractivity contribution in [2.24, 2.45) is 5.92 Å². The van der Waals surface area contributed by atoms with Gasteiger partial charge in [0.2, 0.25) is 0 Å². The molecule has 4 heterocycles. The van der Waals surface area contributed by atoms with E-state index in [-0.39, 0.29) is 5.78 Å². The summed E-state index contributed by atoms with van der Waals surface area (Å²) < 4.78 is 0. The highest BCUT2D eigenvalue weighted by molar-refractivity contribution is 7.14. The second kappa shape index (κ2) is 4.83. The van der Waals surface area contributed by atoms with Crippen LogP contribution in [0.25, 0.3) is 0 Å². The molecule has 4 rings (SSSR count). The second-order valence-electron chi connectivity index (χ2n) is 5.27. The highest BCUT2D eigenvalue weighted by Gasteiger charge is 2.42. The lowest BCUT2D eigenvalue weighted by Gasteiger charge is -2.36. The monoisotopic (exact) mass is 260 g/mol. The molecule has 3 nitrogen and oxygen atoms in total. The van der Waals surface area contributed by atoms with Crippen molar-refractivity contribution >= 4 is 17.1 Å². The molecule has 3 aliphatic rings. The van der Waals surface area contributed by atoms with E-state index in [1.807, 2.05) is 0 Å². The zero-order valence-corrected chi connectivity index (χ0v) is 11.1. The number of ketones is 1. The van der Waals surface area contributed by atoms with E-state index < -0.39 is 0 Å². The molecule has 1 aromatic rings. The summed E-state index contributed by atoms with van der Waals surface area (Å²) in [4.78, 5) is 16.0. The van der Waals surface area contributed by atoms with E-state index in [0.717, 1.165) is 23.9 Å². The van der Waals surface area contributed by atoms with Gasteiger partial charge in [-0.15, -0.1) is 11.3 Å². The predicted octanol–water partition coefficient (Wildman–Crippen LogP) is 2.51. The molecule has 0 N–H and O–H groups in total. The van der Waals surface area contributed by atoms with Crippen LogP contribution in [-0.4, -0.2) is 24.9 Å². The summed E-state index contributed by atoms with van der Waals surface area (Å²) >= 11 is 1.32. The molecule has 1 aromatic heterocycles. The lowest BCUT2D eigenvalue weighted by molar-refractivity contribution is 0.0856. The molecule has 3 aliphatic heterocycles. The molecule has 2 bridgehead atoms. The number of carbonyl (C=O) groups excluding carboxylic acids is 1. The van der Waals surface area contributed by atoms with Gasteiger partial charge in [-0.3, -0.25) is 4.79 Å². The van der Waals surface area contributed by atoms with Crippen LogP contribution >= 0.6 is 11.3 Å². The van der Waals surface area contributed by atoms with Crippen LogP contribution in [0.15, 0.2) is 12.1 Å². The molecule has 18 heavy (non-hydrogen) atoms. The van der Waals surface area contributed by atoms with E-state index in [2.05, 4.69) is 11.0 Å². The highest BCUT2D eigenvalue weighted by Crippen LogP contribution is 2.32. The first-order valence-electron chi connectivity index (χ1n) is 6.53. The number of hydrogen-bond acceptors (Lipinski definition) is 4. The fourth-order valence-corrected chi connectivity index (χ4v) is 3.91. The van der Waals surface area contributed by atoms with Crippen LogP contribution < -0.4 is 4.90 Å². The van der Waals surface area contributed by atoms with E-state index in [9.17, 15) is 4.79 Å². The smallest absolute Gasteiger partial charge is 0.178 e. The van der Waals surface area contributed by atoms with Crippen LogP contribution in [0, 0.1) is 17.2 Å². The van der Waals surface area contributed by atoms with Crippen LogP contribution in [0.2, 0.25) is 0 Å². The van der Waals surface area contributed by atoms with Gasteiger partial charge in [0.1, 0.15) is 30.1 Å². The number of thiophene rings is 1. The van der Waals surface area contributed by atoms with Gasteiger partial charge < -0.3 is 0 Å². The Labute approximate surface area is 111 Å². The summed E-state index contributed by atoms with van der Waals surface area (Å²) in [7, 11) is 0. The lowest BCUT2D eigenvalue weighted by Crippen LogP contribution is -2.53. The molecular formula is C14H16N2OS+. The molecule has 1 radical (unpaired) electrons. The Morgan fingerprint density at radius 2 is 2.22 bits per heavy atom. The molecule has 4 heteroatoms. The summed E-state index contributed by atoms with van der Waals surface area (Å²) in [5, 5.41) is 8.78. The fourth-order valence-electron chi connectivity index (χ4n) is 3.16. The van der Waals surface area contributed by atoms with Crippen molar-refractivity contribution < 1.29 is 4.79 Å². The molecule has 0 amide bonds. The number of nitriles is 1. The molecule has 3 fully saturated rings. The van der Waals surface area contributed by atoms with Gasteiger partial charge in [0, 0.05) is 19.3 Å². The van der Waals surface area contributed by atoms with Gasteiger partial charge in [0.05, 0.1) is 11.3 Å². The Kier molecular flexibility index (Phi) is 3.19. The van der Waals surface area contributed by atoms with Gasteiger partial charge >= 0.3 is 0 Å². The van der Waals surface area contributed by atoms with Crippen molar-refractivity contribution in [1.29, 1.82) is 5.26 Å². The number of fused-ring (bicyclic) bond motifs is 3. The molecule has 0 aliphatic carbocycles. The van der Waals surface area contributed by atoms with Crippen LogP contribution in [-0.2, 0) is 0 Å². The number of nitrogens with zero attached hydrogens (tertiary/aromatic N) is 2. The fraction of sp³-hybridized carbons (Fsp3) is 0.571. The van der Waals surface area contributed by atoms with Crippen LogP contribution in [0.1, 0.15) is 40.2 Å². The minimum absolute atomic E-state index is 0.207. The third-order valence-corrected chi connectivity index (χ3v) is 5.21. The van der Waals surface area contributed by atoms with Crippen molar-refractivity contribution in [1.82, 2.24) is 4.90 Å². The van der Waals surface area contributed by atoms with E-state index in [1.54, 1.807) is 12.1 Å². The topological polar surface area (TPSA) is 46.8 Å². The number of Topliss-reactive ketones (excluding diaryl/α,β-unsaturated/α-hetero) is 1. The van der Waals surface area contributed by atoms with Crippen molar-refractivity contribution in [3.05, 3.63) is 21.9 Å². The Bertz CT molecular complexity index is 494. The summed E-state index contributed by atoms with van der Waals surface area (Å²) in [6.07, 6.45) is 4.43. The molecule has 1 unspecified atom stereocenters. The normalized spacial score (nSPS) is 30.1. The SMILES string of the molecule is N#Cc1ccc(C(=O)CC2CC3CC[N+]2CC3)s1. The maximum atomic E-state index is 12.2. The van der Waals surface area contributed by atoms with Crippen molar-refractivity contribution in [3.63, 3.8) is 0 Å². The Morgan fingerprint density at radius 3 is 2.78 bits per heavy atom. The highest BCUT2D eigenvalue weighted by atomic mass is 32.1. The number of piperidine rings is 3. The van der Waals surface area contributed by atoms with E-state index in [0.29, 0.717) is 17.3 Å². The van der Waals surface area contributed by atoms with Gasteiger partial charge in [-0.05, 0) is 18.1 Å². The number of carbonyl (C=O) groups is 1. The third kappa shape index (κ3) is 2.21. The average Bonchev–Trinajstić information content (AvgIpc) is 2.89.